The van der Waals surface area contributed by atoms with Crippen LogP contribution in [0.5, 0.6) is 0 Å². The third-order valence-electron chi connectivity index (χ3n) is 3.76. The van der Waals surface area contributed by atoms with E-state index < -0.39 is 0 Å². The second kappa shape index (κ2) is 8.97. The summed E-state index contributed by atoms with van der Waals surface area (Å²) in [6, 6.07) is 10.2. The first-order chi connectivity index (χ1) is 12.3. The number of aromatic nitrogens is 2. The molecule has 0 fully saturated rings. The topological polar surface area (TPSA) is 52.1 Å². The molecule has 0 N–H and O–H groups in total. The molecule has 0 aliphatic heterocycles. The SMILES string of the molecule is CCCCCOC(=O)CSc1ncnc2scc(-c3ccccc3)c12. The molecule has 0 saturated carbocycles. The molecule has 0 atom stereocenters. The second-order valence-electron chi connectivity index (χ2n) is 5.59. The Hall–Kier alpha value is -1.92. The summed E-state index contributed by atoms with van der Waals surface area (Å²) in [7, 11) is 0. The molecule has 0 unspecified atom stereocenters. The number of benzene rings is 1. The number of hydrogen-bond donors (Lipinski definition) is 0. The van der Waals surface area contributed by atoms with E-state index in [1.54, 1.807) is 17.7 Å². The highest BCUT2D eigenvalue weighted by molar-refractivity contribution is 8.00. The third kappa shape index (κ3) is 4.58. The van der Waals surface area contributed by atoms with Gasteiger partial charge in [0.2, 0.25) is 0 Å². The lowest BCUT2D eigenvalue weighted by Crippen LogP contribution is -2.08. The second-order valence-corrected chi connectivity index (χ2v) is 7.41. The van der Waals surface area contributed by atoms with Gasteiger partial charge in [0.25, 0.3) is 0 Å². The summed E-state index contributed by atoms with van der Waals surface area (Å²) in [5.74, 6) is 0.0758. The zero-order valence-electron chi connectivity index (χ0n) is 14.1. The first-order valence-corrected chi connectivity index (χ1v) is 10.2. The Morgan fingerprint density at radius 1 is 1.20 bits per heavy atom. The van der Waals surface area contributed by atoms with Gasteiger partial charge in [-0.05, 0) is 12.0 Å². The number of unbranched alkanes of at least 4 members (excludes halogenated alkanes) is 2. The number of rotatable bonds is 8. The molecule has 2 heterocycles. The van der Waals surface area contributed by atoms with Gasteiger partial charge >= 0.3 is 5.97 Å². The van der Waals surface area contributed by atoms with Crippen molar-refractivity contribution in [2.45, 2.75) is 31.2 Å². The molecule has 0 bridgehead atoms. The molecule has 3 aromatic rings. The number of nitrogens with zero attached hydrogens (tertiary/aromatic N) is 2. The largest absolute Gasteiger partial charge is 0.465 e. The summed E-state index contributed by atoms with van der Waals surface area (Å²) in [6.07, 6.45) is 4.68. The molecule has 2 aromatic heterocycles. The number of carbonyl (C=O) groups is 1. The maximum absolute atomic E-state index is 11.9. The Bertz CT molecular complexity index is 834. The van der Waals surface area contributed by atoms with E-state index in [1.807, 2.05) is 18.2 Å². The van der Waals surface area contributed by atoms with E-state index in [9.17, 15) is 4.79 Å². The smallest absolute Gasteiger partial charge is 0.316 e. The minimum atomic E-state index is -0.190. The van der Waals surface area contributed by atoms with E-state index in [4.69, 9.17) is 4.74 Å². The van der Waals surface area contributed by atoms with Crippen molar-refractivity contribution in [2.24, 2.45) is 0 Å². The lowest BCUT2D eigenvalue weighted by atomic mass is 10.1. The fourth-order valence-electron chi connectivity index (χ4n) is 2.49. The molecule has 0 spiro atoms. The minimum Gasteiger partial charge on any atom is -0.465 e. The Morgan fingerprint density at radius 2 is 2.04 bits per heavy atom. The summed E-state index contributed by atoms with van der Waals surface area (Å²) in [5, 5.41) is 3.94. The fraction of sp³-hybridized carbons (Fsp3) is 0.316. The molecular formula is C19H20N2O2S2. The van der Waals surface area contributed by atoms with Gasteiger partial charge in [-0.2, -0.15) is 0 Å². The van der Waals surface area contributed by atoms with Gasteiger partial charge in [0.1, 0.15) is 16.2 Å². The van der Waals surface area contributed by atoms with Crippen LogP contribution in [0.2, 0.25) is 0 Å². The van der Waals surface area contributed by atoms with Crippen LogP contribution in [-0.2, 0) is 9.53 Å². The molecule has 25 heavy (non-hydrogen) atoms. The van der Waals surface area contributed by atoms with Crippen LogP contribution in [0.3, 0.4) is 0 Å². The first kappa shape index (κ1) is 17.9. The Balaban J connectivity index is 1.74. The van der Waals surface area contributed by atoms with Gasteiger partial charge in [-0.15, -0.1) is 11.3 Å². The number of thiophene rings is 1. The molecule has 130 valence electrons. The van der Waals surface area contributed by atoms with Crippen molar-refractivity contribution < 1.29 is 9.53 Å². The number of esters is 1. The van der Waals surface area contributed by atoms with Crippen LogP contribution in [0.25, 0.3) is 21.3 Å². The Morgan fingerprint density at radius 3 is 2.84 bits per heavy atom. The molecular weight excluding hydrogens is 352 g/mol. The summed E-state index contributed by atoms with van der Waals surface area (Å²) < 4.78 is 5.27. The molecule has 0 saturated heterocycles. The summed E-state index contributed by atoms with van der Waals surface area (Å²) in [4.78, 5) is 21.6. The fourth-order valence-corrected chi connectivity index (χ4v) is 4.29. The van der Waals surface area contributed by atoms with Gasteiger partial charge in [0.15, 0.2) is 0 Å². The lowest BCUT2D eigenvalue weighted by Gasteiger charge is -2.06. The molecule has 0 aliphatic rings. The van der Waals surface area contributed by atoms with Crippen molar-refractivity contribution in [3.05, 3.63) is 42.0 Å². The van der Waals surface area contributed by atoms with Crippen LogP contribution in [0, 0.1) is 0 Å². The van der Waals surface area contributed by atoms with E-state index in [0.717, 1.165) is 45.6 Å². The van der Waals surface area contributed by atoms with Crippen LogP contribution in [0.1, 0.15) is 26.2 Å². The van der Waals surface area contributed by atoms with Gasteiger partial charge in [-0.3, -0.25) is 4.79 Å². The Labute approximate surface area is 155 Å². The standard InChI is InChI=1S/C19H20N2O2S2/c1-2-3-7-10-23-16(22)12-25-19-17-15(14-8-5-4-6-9-14)11-24-18(17)20-13-21-19/h4-6,8-9,11,13H,2-3,7,10,12H2,1H3. The van der Waals surface area contributed by atoms with Crippen molar-refractivity contribution in [1.29, 1.82) is 0 Å². The van der Waals surface area contributed by atoms with E-state index in [2.05, 4.69) is 34.4 Å². The number of fused-ring (bicyclic) bond motifs is 1. The average Bonchev–Trinajstić information content (AvgIpc) is 3.09. The molecule has 0 radical (unpaired) electrons. The van der Waals surface area contributed by atoms with Gasteiger partial charge in [0, 0.05) is 10.9 Å². The average molecular weight is 373 g/mol. The molecule has 0 aliphatic carbocycles. The zero-order valence-corrected chi connectivity index (χ0v) is 15.7. The van der Waals surface area contributed by atoms with E-state index in [1.165, 1.54) is 11.8 Å². The quantitative estimate of drug-likeness (QED) is 0.236. The van der Waals surface area contributed by atoms with Gasteiger partial charge in [-0.25, -0.2) is 9.97 Å². The van der Waals surface area contributed by atoms with Crippen LogP contribution in [0.4, 0.5) is 0 Å². The van der Waals surface area contributed by atoms with Crippen LogP contribution < -0.4 is 0 Å². The van der Waals surface area contributed by atoms with Gasteiger partial charge < -0.3 is 4.74 Å². The predicted molar refractivity (Wildman–Crippen MR) is 104 cm³/mol. The van der Waals surface area contributed by atoms with E-state index >= 15 is 0 Å². The highest BCUT2D eigenvalue weighted by Gasteiger charge is 2.14. The van der Waals surface area contributed by atoms with Crippen LogP contribution in [-0.4, -0.2) is 28.3 Å². The van der Waals surface area contributed by atoms with E-state index in [0.29, 0.717) is 6.61 Å². The van der Waals surface area contributed by atoms with Crippen LogP contribution in [0.15, 0.2) is 47.1 Å². The summed E-state index contributed by atoms with van der Waals surface area (Å²) in [5.41, 5.74) is 2.24. The van der Waals surface area contributed by atoms with Gasteiger partial charge in [-0.1, -0.05) is 61.9 Å². The summed E-state index contributed by atoms with van der Waals surface area (Å²) >= 11 is 3.01. The van der Waals surface area contributed by atoms with Crippen molar-refractivity contribution in [2.75, 3.05) is 12.4 Å². The molecule has 3 rings (SSSR count). The van der Waals surface area contributed by atoms with Crippen molar-refractivity contribution in [1.82, 2.24) is 9.97 Å². The molecule has 0 amide bonds. The Kier molecular flexibility index (Phi) is 6.42. The lowest BCUT2D eigenvalue weighted by molar-refractivity contribution is -0.140. The van der Waals surface area contributed by atoms with E-state index in [-0.39, 0.29) is 11.7 Å². The number of hydrogen-bond acceptors (Lipinski definition) is 6. The highest BCUT2D eigenvalue weighted by Crippen LogP contribution is 2.37. The number of ether oxygens (including phenoxy) is 1. The number of carbonyl (C=O) groups excluding carboxylic acids is 1. The molecule has 1 aromatic carbocycles. The van der Waals surface area contributed by atoms with Crippen molar-refractivity contribution >= 4 is 39.3 Å². The maximum atomic E-state index is 11.9. The normalized spacial score (nSPS) is 10.9. The number of thioether (sulfide) groups is 1. The van der Waals surface area contributed by atoms with Crippen molar-refractivity contribution in [3.63, 3.8) is 0 Å². The minimum absolute atomic E-state index is 0.190. The van der Waals surface area contributed by atoms with Gasteiger partial charge in [0.05, 0.1) is 17.7 Å². The van der Waals surface area contributed by atoms with Crippen LogP contribution >= 0.6 is 23.1 Å². The highest BCUT2D eigenvalue weighted by atomic mass is 32.2. The summed E-state index contributed by atoms with van der Waals surface area (Å²) in [6.45, 7) is 2.63. The monoisotopic (exact) mass is 372 g/mol. The molecule has 6 heteroatoms. The first-order valence-electron chi connectivity index (χ1n) is 8.35. The zero-order chi connectivity index (χ0) is 17.5. The predicted octanol–water partition coefficient (Wildman–Crippen LogP) is 5.18. The third-order valence-corrected chi connectivity index (χ3v) is 5.61. The maximum Gasteiger partial charge on any atom is 0.316 e. The molecule has 4 nitrogen and oxygen atoms in total. The van der Waals surface area contributed by atoms with Crippen molar-refractivity contribution in [3.8, 4) is 11.1 Å².